The molecule has 2 aromatic heterocycles. The summed E-state index contributed by atoms with van der Waals surface area (Å²) < 4.78 is 0. The summed E-state index contributed by atoms with van der Waals surface area (Å²) in [6, 6.07) is 6.77. The molecule has 0 aliphatic heterocycles. The Hall–Kier alpha value is -2.07. The van der Waals surface area contributed by atoms with E-state index >= 15 is 0 Å². The Labute approximate surface area is 92.6 Å². The molecule has 16 heavy (non-hydrogen) atoms. The molecule has 0 spiro atoms. The molecule has 0 fully saturated rings. The third kappa shape index (κ3) is 2.12. The van der Waals surface area contributed by atoms with Crippen LogP contribution < -0.4 is 0 Å². The van der Waals surface area contributed by atoms with Crippen molar-refractivity contribution in [2.45, 2.75) is 6.61 Å². The summed E-state index contributed by atoms with van der Waals surface area (Å²) in [6.07, 6.45) is 3.93. The second kappa shape index (κ2) is 4.63. The fourth-order valence-electron chi connectivity index (χ4n) is 1.37. The topological polar surface area (TPSA) is 63.1 Å². The maximum atomic E-state index is 10.6. The van der Waals surface area contributed by atoms with E-state index in [9.17, 15) is 4.79 Å². The van der Waals surface area contributed by atoms with Gasteiger partial charge < -0.3 is 5.11 Å². The van der Waals surface area contributed by atoms with Gasteiger partial charge in [0.2, 0.25) is 0 Å². The molecule has 1 N–H and O–H groups in total. The minimum atomic E-state index is -0.0388. The molecule has 4 heteroatoms. The minimum Gasteiger partial charge on any atom is -0.392 e. The first-order chi connectivity index (χ1) is 7.83. The average Bonchev–Trinajstić information content (AvgIpc) is 2.39. The quantitative estimate of drug-likeness (QED) is 0.785. The number of aliphatic hydroxyl groups excluding tert-OH is 1. The number of aromatic nitrogens is 2. The molecule has 0 aliphatic rings. The number of nitrogens with zero attached hydrogens (tertiary/aromatic N) is 2. The lowest BCUT2D eigenvalue weighted by Crippen LogP contribution is -1.91. The van der Waals surface area contributed by atoms with Gasteiger partial charge in [0.25, 0.3) is 0 Å². The lowest BCUT2D eigenvalue weighted by molar-refractivity contribution is 0.112. The number of carbonyl (C=O) groups is 1. The summed E-state index contributed by atoms with van der Waals surface area (Å²) in [5.41, 5.74) is 2.60. The van der Waals surface area contributed by atoms with Crippen molar-refractivity contribution in [3.63, 3.8) is 0 Å². The molecule has 0 aromatic carbocycles. The van der Waals surface area contributed by atoms with E-state index in [4.69, 9.17) is 5.11 Å². The van der Waals surface area contributed by atoms with Gasteiger partial charge in [-0.25, -0.2) is 0 Å². The molecule has 0 amide bonds. The first-order valence-corrected chi connectivity index (χ1v) is 4.81. The zero-order valence-corrected chi connectivity index (χ0v) is 8.50. The number of aliphatic hydroxyl groups is 1. The Balaban J connectivity index is 2.45. The van der Waals surface area contributed by atoms with E-state index in [-0.39, 0.29) is 6.61 Å². The van der Waals surface area contributed by atoms with Gasteiger partial charge in [-0.3, -0.25) is 14.8 Å². The molecule has 0 bridgehead atoms. The molecular weight excluding hydrogens is 204 g/mol. The zero-order chi connectivity index (χ0) is 11.4. The van der Waals surface area contributed by atoms with E-state index in [1.807, 2.05) is 0 Å². The summed E-state index contributed by atoms with van der Waals surface area (Å²) >= 11 is 0. The first-order valence-electron chi connectivity index (χ1n) is 4.81. The van der Waals surface area contributed by atoms with Crippen molar-refractivity contribution < 1.29 is 9.90 Å². The molecule has 2 heterocycles. The van der Waals surface area contributed by atoms with E-state index < -0.39 is 0 Å². The zero-order valence-electron chi connectivity index (χ0n) is 8.50. The normalized spacial score (nSPS) is 10.1. The second-order valence-corrected chi connectivity index (χ2v) is 3.30. The predicted octanol–water partition coefficient (Wildman–Crippen LogP) is 1.45. The smallest absolute Gasteiger partial charge is 0.150 e. The Bertz CT molecular complexity index is 512. The summed E-state index contributed by atoms with van der Waals surface area (Å²) in [5.74, 6) is 0. The van der Waals surface area contributed by atoms with Crippen LogP contribution in [0.5, 0.6) is 0 Å². The molecular formula is C12H10N2O2. The molecule has 4 nitrogen and oxygen atoms in total. The molecule has 0 saturated carbocycles. The van der Waals surface area contributed by atoms with E-state index in [1.54, 1.807) is 36.7 Å². The van der Waals surface area contributed by atoms with Gasteiger partial charge in [0, 0.05) is 18.0 Å². The molecule has 2 rings (SSSR count). The molecule has 0 unspecified atom stereocenters. The SMILES string of the molecule is O=Cc1ccnc(-c2cc(CO)ccn2)c1. The largest absolute Gasteiger partial charge is 0.392 e. The van der Waals surface area contributed by atoms with Crippen LogP contribution in [0.25, 0.3) is 11.4 Å². The van der Waals surface area contributed by atoms with Gasteiger partial charge in [-0.1, -0.05) is 0 Å². The number of pyridine rings is 2. The van der Waals surface area contributed by atoms with Crippen molar-refractivity contribution in [3.05, 3.63) is 47.8 Å². The highest BCUT2D eigenvalue weighted by Crippen LogP contribution is 2.15. The number of aldehydes is 1. The van der Waals surface area contributed by atoms with Gasteiger partial charge in [0.05, 0.1) is 18.0 Å². The van der Waals surface area contributed by atoms with Crippen LogP contribution >= 0.6 is 0 Å². The summed E-state index contributed by atoms with van der Waals surface area (Å²) in [5, 5.41) is 9.01. The van der Waals surface area contributed by atoms with Crippen LogP contribution in [0.1, 0.15) is 15.9 Å². The monoisotopic (exact) mass is 214 g/mol. The predicted molar refractivity (Wildman–Crippen MR) is 58.8 cm³/mol. The standard InChI is InChI=1S/C12H10N2O2/c15-7-9-1-3-13-11(5-9)12-6-10(8-16)2-4-14-12/h1-7,16H,8H2. The van der Waals surface area contributed by atoms with Gasteiger partial charge in [-0.05, 0) is 29.8 Å². The number of hydrogen-bond donors (Lipinski definition) is 1. The Morgan fingerprint density at radius 3 is 2.50 bits per heavy atom. The highest BCUT2D eigenvalue weighted by Gasteiger charge is 2.02. The Morgan fingerprint density at radius 2 is 1.81 bits per heavy atom. The fourth-order valence-corrected chi connectivity index (χ4v) is 1.37. The summed E-state index contributed by atoms with van der Waals surface area (Å²) in [4.78, 5) is 18.9. The summed E-state index contributed by atoms with van der Waals surface area (Å²) in [6.45, 7) is -0.0388. The van der Waals surface area contributed by atoms with Crippen LogP contribution in [0.3, 0.4) is 0 Å². The van der Waals surface area contributed by atoms with Gasteiger partial charge in [-0.15, -0.1) is 0 Å². The molecule has 0 radical (unpaired) electrons. The maximum Gasteiger partial charge on any atom is 0.150 e. The van der Waals surface area contributed by atoms with Crippen LogP contribution in [0.15, 0.2) is 36.7 Å². The van der Waals surface area contributed by atoms with Crippen LogP contribution in [0.2, 0.25) is 0 Å². The third-order valence-electron chi connectivity index (χ3n) is 2.19. The van der Waals surface area contributed by atoms with Crippen molar-refractivity contribution >= 4 is 6.29 Å². The van der Waals surface area contributed by atoms with Crippen molar-refractivity contribution in [1.29, 1.82) is 0 Å². The molecule has 80 valence electrons. The lowest BCUT2D eigenvalue weighted by atomic mass is 10.1. The van der Waals surface area contributed by atoms with Crippen molar-refractivity contribution in [3.8, 4) is 11.4 Å². The highest BCUT2D eigenvalue weighted by atomic mass is 16.3. The number of hydrogen-bond acceptors (Lipinski definition) is 4. The third-order valence-corrected chi connectivity index (χ3v) is 2.19. The molecule has 0 saturated heterocycles. The summed E-state index contributed by atoms with van der Waals surface area (Å²) in [7, 11) is 0. The second-order valence-electron chi connectivity index (χ2n) is 3.30. The van der Waals surface area contributed by atoms with Gasteiger partial charge >= 0.3 is 0 Å². The van der Waals surface area contributed by atoms with Gasteiger partial charge in [0.1, 0.15) is 6.29 Å². The lowest BCUT2D eigenvalue weighted by Gasteiger charge is -2.02. The van der Waals surface area contributed by atoms with Crippen LogP contribution in [-0.2, 0) is 6.61 Å². The molecule has 0 aliphatic carbocycles. The van der Waals surface area contributed by atoms with Gasteiger partial charge in [0.15, 0.2) is 0 Å². The minimum absolute atomic E-state index is 0.0388. The van der Waals surface area contributed by atoms with E-state index in [2.05, 4.69) is 9.97 Å². The van der Waals surface area contributed by atoms with Crippen LogP contribution in [0, 0.1) is 0 Å². The van der Waals surface area contributed by atoms with Crippen molar-refractivity contribution in [2.75, 3.05) is 0 Å². The Morgan fingerprint density at radius 1 is 1.12 bits per heavy atom. The molecule has 0 atom stereocenters. The van der Waals surface area contributed by atoms with E-state index in [0.717, 1.165) is 11.8 Å². The highest BCUT2D eigenvalue weighted by molar-refractivity contribution is 5.76. The van der Waals surface area contributed by atoms with Crippen molar-refractivity contribution in [1.82, 2.24) is 9.97 Å². The van der Waals surface area contributed by atoms with Gasteiger partial charge in [-0.2, -0.15) is 0 Å². The van der Waals surface area contributed by atoms with E-state index in [0.29, 0.717) is 17.0 Å². The number of carbonyl (C=O) groups excluding carboxylic acids is 1. The van der Waals surface area contributed by atoms with Crippen LogP contribution in [0.4, 0.5) is 0 Å². The Kier molecular flexibility index (Phi) is 3.03. The van der Waals surface area contributed by atoms with Crippen LogP contribution in [-0.4, -0.2) is 21.4 Å². The number of rotatable bonds is 3. The maximum absolute atomic E-state index is 10.6. The van der Waals surface area contributed by atoms with E-state index in [1.165, 1.54) is 0 Å². The first kappa shape index (κ1) is 10.4. The van der Waals surface area contributed by atoms with Crippen molar-refractivity contribution in [2.24, 2.45) is 0 Å². The molecule has 2 aromatic rings. The fraction of sp³-hybridized carbons (Fsp3) is 0.0833. The average molecular weight is 214 g/mol.